The normalized spacial score (nSPS) is 10.3. The molecule has 0 fully saturated rings. The summed E-state index contributed by atoms with van der Waals surface area (Å²) >= 11 is 0. The number of benzene rings is 1. The quantitative estimate of drug-likeness (QED) is 0.683. The summed E-state index contributed by atoms with van der Waals surface area (Å²) in [5.41, 5.74) is 2.77. The average Bonchev–Trinajstić information content (AvgIpc) is 2.26. The molecule has 0 amide bonds. The van der Waals surface area contributed by atoms with Gasteiger partial charge in [-0.3, -0.25) is 4.98 Å². The van der Waals surface area contributed by atoms with Crippen molar-refractivity contribution in [3.8, 4) is 0 Å². The van der Waals surface area contributed by atoms with Crippen LogP contribution in [0.1, 0.15) is 11.1 Å². The van der Waals surface area contributed by atoms with E-state index in [4.69, 9.17) is 0 Å². The molecular weight excluding hydrogens is 198 g/mol. The fourth-order valence-corrected chi connectivity index (χ4v) is 2.67. The molecule has 0 aliphatic carbocycles. The van der Waals surface area contributed by atoms with Gasteiger partial charge in [-0.1, -0.05) is 29.5 Å². The minimum Gasteiger partial charge on any atom is -0.265 e. The van der Waals surface area contributed by atoms with E-state index in [1.165, 1.54) is 21.5 Å². The average molecular weight is 211 g/mol. The van der Waals surface area contributed by atoms with Crippen molar-refractivity contribution in [3.05, 3.63) is 53.9 Å². The smallest absolute Gasteiger partial charge is 0.124 e. The second kappa shape index (κ2) is 4.40. The fourth-order valence-electron chi connectivity index (χ4n) is 1.48. The van der Waals surface area contributed by atoms with Gasteiger partial charge in [0.05, 0.1) is 0 Å². The third-order valence-electron chi connectivity index (χ3n) is 2.55. The standard InChI is InChI=1S/C13H13NSi/c1-10-5-3-7-13(11(10)2)15-12-6-4-8-14-9-12/h3-9H,1-2H3. The lowest BCUT2D eigenvalue weighted by Gasteiger charge is -2.07. The first-order chi connectivity index (χ1) is 7.27. The molecule has 0 saturated heterocycles. The molecule has 0 bridgehead atoms. The summed E-state index contributed by atoms with van der Waals surface area (Å²) in [7, 11) is 0.709. The van der Waals surface area contributed by atoms with Crippen LogP contribution in [0.5, 0.6) is 0 Å². The van der Waals surface area contributed by atoms with Gasteiger partial charge in [-0.2, -0.15) is 0 Å². The topological polar surface area (TPSA) is 12.9 Å². The van der Waals surface area contributed by atoms with E-state index in [-0.39, 0.29) is 0 Å². The highest BCUT2D eigenvalue weighted by Crippen LogP contribution is 2.01. The van der Waals surface area contributed by atoms with E-state index in [1.54, 1.807) is 0 Å². The Hall–Kier alpha value is -1.41. The van der Waals surface area contributed by atoms with Crippen molar-refractivity contribution in [1.29, 1.82) is 0 Å². The first-order valence-corrected chi connectivity index (χ1v) is 6.00. The molecule has 1 nitrogen and oxygen atoms in total. The van der Waals surface area contributed by atoms with Gasteiger partial charge in [-0.15, -0.1) is 0 Å². The van der Waals surface area contributed by atoms with Gasteiger partial charge < -0.3 is 0 Å². The van der Waals surface area contributed by atoms with Gasteiger partial charge in [-0.05, 0) is 36.2 Å². The summed E-state index contributed by atoms with van der Waals surface area (Å²) in [6.45, 7) is 4.35. The van der Waals surface area contributed by atoms with Gasteiger partial charge in [0.2, 0.25) is 0 Å². The highest BCUT2D eigenvalue weighted by atomic mass is 28.2. The first-order valence-electron chi connectivity index (χ1n) is 5.00. The minimum absolute atomic E-state index is 0.709. The SMILES string of the molecule is Cc1cccc([Si]c2cccnc2)c1C. The third-order valence-corrected chi connectivity index (χ3v) is 3.94. The van der Waals surface area contributed by atoms with Crippen molar-refractivity contribution in [2.24, 2.45) is 0 Å². The van der Waals surface area contributed by atoms with Gasteiger partial charge in [-0.25, -0.2) is 0 Å². The zero-order valence-corrected chi connectivity index (χ0v) is 9.99. The largest absolute Gasteiger partial charge is 0.265 e. The molecule has 0 unspecified atom stereocenters. The lowest BCUT2D eigenvalue weighted by atomic mass is 10.1. The number of nitrogens with zero attached hydrogens (tertiary/aromatic N) is 1. The van der Waals surface area contributed by atoms with Gasteiger partial charge in [0.25, 0.3) is 0 Å². The molecule has 0 N–H and O–H groups in total. The summed E-state index contributed by atoms with van der Waals surface area (Å²) in [5.74, 6) is 0. The summed E-state index contributed by atoms with van der Waals surface area (Å²) in [6, 6.07) is 10.6. The van der Waals surface area contributed by atoms with Crippen LogP contribution in [-0.2, 0) is 0 Å². The Morgan fingerprint density at radius 2 is 1.93 bits per heavy atom. The molecule has 2 radical (unpaired) electrons. The van der Waals surface area contributed by atoms with Crippen molar-refractivity contribution in [3.63, 3.8) is 0 Å². The van der Waals surface area contributed by atoms with Gasteiger partial charge in [0.15, 0.2) is 0 Å². The van der Waals surface area contributed by atoms with E-state index in [2.05, 4.69) is 43.1 Å². The highest BCUT2D eigenvalue weighted by molar-refractivity contribution is 6.67. The van der Waals surface area contributed by atoms with E-state index >= 15 is 0 Å². The molecule has 2 heteroatoms. The predicted octanol–water partition coefficient (Wildman–Crippen LogP) is 1.35. The van der Waals surface area contributed by atoms with E-state index in [9.17, 15) is 0 Å². The lowest BCUT2D eigenvalue weighted by Crippen LogP contribution is -2.29. The Morgan fingerprint density at radius 3 is 2.67 bits per heavy atom. The Labute approximate surface area is 93.0 Å². The van der Waals surface area contributed by atoms with Crippen LogP contribution in [-0.4, -0.2) is 14.5 Å². The highest BCUT2D eigenvalue weighted by Gasteiger charge is 2.02. The molecule has 0 aliphatic heterocycles. The minimum atomic E-state index is 0.709. The number of pyridine rings is 1. The van der Waals surface area contributed by atoms with Crippen LogP contribution in [0, 0.1) is 13.8 Å². The van der Waals surface area contributed by atoms with Crippen LogP contribution in [0.15, 0.2) is 42.7 Å². The Morgan fingerprint density at radius 1 is 1.07 bits per heavy atom. The van der Waals surface area contributed by atoms with Crippen LogP contribution in [0.3, 0.4) is 0 Å². The van der Waals surface area contributed by atoms with E-state index in [0.717, 1.165) is 0 Å². The number of hydrogen-bond acceptors (Lipinski definition) is 1. The molecule has 1 aromatic carbocycles. The first kappa shape index (κ1) is 10.1. The van der Waals surface area contributed by atoms with E-state index in [0.29, 0.717) is 9.52 Å². The molecule has 2 rings (SSSR count). The lowest BCUT2D eigenvalue weighted by molar-refractivity contribution is 1.35. The number of aryl methyl sites for hydroxylation is 1. The monoisotopic (exact) mass is 211 g/mol. The third kappa shape index (κ3) is 2.33. The van der Waals surface area contributed by atoms with Crippen molar-refractivity contribution in [2.45, 2.75) is 13.8 Å². The second-order valence-electron chi connectivity index (χ2n) is 3.61. The van der Waals surface area contributed by atoms with Gasteiger partial charge in [0.1, 0.15) is 9.52 Å². The summed E-state index contributed by atoms with van der Waals surface area (Å²) in [5, 5.41) is 2.72. The van der Waals surface area contributed by atoms with Crippen molar-refractivity contribution >= 4 is 19.9 Å². The zero-order chi connectivity index (χ0) is 10.7. The molecular formula is C13H13NSi. The van der Waals surface area contributed by atoms with E-state index in [1.807, 2.05) is 18.5 Å². The van der Waals surface area contributed by atoms with Crippen molar-refractivity contribution in [1.82, 2.24) is 4.98 Å². The zero-order valence-electron chi connectivity index (χ0n) is 8.99. The number of hydrogen-bond donors (Lipinski definition) is 0. The molecule has 0 aliphatic rings. The fraction of sp³-hybridized carbons (Fsp3) is 0.154. The van der Waals surface area contributed by atoms with Crippen LogP contribution in [0.25, 0.3) is 0 Å². The van der Waals surface area contributed by atoms with Crippen LogP contribution in [0.4, 0.5) is 0 Å². The van der Waals surface area contributed by atoms with E-state index < -0.39 is 0 Å². The Kier molecular flexibility index (Phi) is 2.97. The van der Waals surface area contributed by atoms with Gasteiger partial charge >= 0.3 is 0 Å². The molecule has 74 valence electrons. The van der Waals surface area contributed by atoms with Crippen LogP contribution in [0.2, 0.25) is 0 Å². The molecule has 15 heavy (non-hydrogen) atoms. The summed E-state index contributed by atoms with van der Waals surface area (Å²) in [4.78, 5) is 4.14. The molecule has 0 atom stereocenters. The number of aromatic nitrogens is 1. The Balaban J connectivity index is 2.29. The molecule has 0 spiro atoms. The van der Waals surface area contributed by atoms with Crippen LogP contribution >= 0.6 is 0 Å². The molecule has 0 saturated carbocycles. The second-order valence-corrected chi connectivity index (χ2v) is 4.98. The van der Waals surface area contributed by atoms with Crippen molar-refractivity contribution < 1.29 is 0 Å². The maximum atomic E-state index is 4.14. The van der Waals surface area contributed by atoms with Crippen molar-refractivity contribution in [2.75, 3.05) is 0 Å². The maximum absolute atomic E-state index is 4.14. The number of rotatable bonds is 2. The molecule has 2 aromatic rings. The Bertz CT molecular complexity index is 451. The summed E-state index contributed by atoms with van der Waals surface area (Å²) in [6.07, 6.45) is 3.76. The summed E-state index contributed by atoms with van der Waals surface area (Å²) < 4.78 is 0. The van der Waals surface area contributed by atoms with Gasteiger partial charge in [0, 0.05) is 12.4 Å². The van der Waals surface area contributed by atoms with Crippen LogP contribution < -0.4 is 10.4 Å². The predicted molar refractivity (Wildman–Crippen MR) is 65.2 cm³/mol. The molecule has 1 aromatic heterocycles. The molecule has 1 heterocycles. The maximum Gasteiger partial charge on any atom is 0.124 e.